The van der Waals surface area contributed by atoms with Crippen molar-refractivity contribution in [3.8, 4) is 0 Å². The van der Waals surface area contributed by atoms with Crippen molar-refractivity contribution in [1.29, 1.82) is 0 Å². The van der Waals surface area contributed by atoms with Crippen LogP contribution in [0.15, 0.2) is 12.2 Å². The Kier molecular flexibility index (Phi) is 5.09. The highest BCUT2D eigenvalue weighted by molar-refractivity contribution is 4.93. The normalized spacial score (nSPS) is 26.9. The Morgan fingerprint density at radius 1 is 1.23 bits per heavy atom. The van der Waals surface area contributed by atoms with Gasteiger partial charge < -0.3 is 9.84 Å². The number of aliphatic hydroxyl groups is 1. The first-order valence-corrected chi connectivity index (χ1v) is 5.29. The molecule has 1 aliphatic heterocycles. The molecule has 0 spiro atoms. The molecule has 13 heavy (non-hydrogen) atoms. The van der Waals surface area contributed by atoms with Crippen molar-refractivity contribution in [3.63, 3.8) is 0 Å². The van der Waals surface area contributed by atoms with Crippen molar-refractivity contribution < 1.29 is 9.84 Å². The van der Waals surface area contributed by atoms with Gasteiger partial charge in [-0.2, -0.15) is 0 Å². The first-order chi connectivity index (χ1) is 6.38. The summed E-state index contributed by atoms with van der Waals surface area (Å²) in [5, 5.41) is 8.70. The van der Waals surface area contributed by atoms with Crippen LogP contribution in [0.25, 0.3) is 0 Å². The van der Waals surface area contributed by atoms with Crippen molar-refractivity contribution in [2.75, 3.05) is 6.61 Å². The highest BCUT2D eigenvalue weighted by atomic mass is 16.6. The molecule has 1 N–H and O–H groups in total. The van der Waals surface area contributed by atoms with Crippen molar-refractivity contribution in [3.05, 3.63) is 12.2 Å². The topological polar surface area (TPSA) is 32.8 Å². The van der Waals surface area contributed by atoms with Crippen LogP contribution in [0.2, 0.25) is 0 Å². The van der Waals surface area contributed by atoms with Gasteiger partial charge in [0.1, 0.15) is 6.10 Å². The van der Waals surface area contributed by atoms with Gasteiger partial charge in [-0.05, 0) is 19.3 Å². The molecule has 0 bridgehead atoms. The van der Waals surface area contributed by atoms with E-state index < -0.39 is 0 Å². The molecule has 0 unspecified atom stereocenters. The third-order valence-electron chi connectivity index (χ3n) is 2.38. The third kappa shape index (κ3) is 4.44. The molecular weight excluding hydrogens is 164 g/mol. The zero-order valence-electron chi connectivity index (χ0n) is 8.41. The lowest BCUT2D eigenvalue weighted by atomic mass is 10.1. The van der Waals surface area contributed by atoms with Gasteiger partial charge in [0.15, 0.2) is 0 Å². The molecule has 0 radical (unpaired) electrons. The fraction of sp³-hybridized carbons (Fsp3) is 0.818. The van der Waals surface area contributed by atoms with Gasteiger partial charge in [-0.3, -0.25) is 0 Å². The summed E-state index contributed by atoms with van der Waals surface area (Å²) in [5.41, 5.74) is 0. The lowest BCUT2D eigenvalue weighted by Gasteiger charge is -1.91. The van der Waals surface area contributed by atoms with E-state index in [1.54, 1.807) is 0 Å². The van der Waals surface area contributed by atoms with Crippen LogP contribution in [0.1, 0.15) is 39.0 Å². The van der Waals surface area contributed by atoms with Crippen LogP contribution in [0.3, 0.4) is 0 Å². The van der Waals surface area contributed by atoms with Gasteiger partial charge in [0.25, 0.3) is 0 Å². The minimum Gasteiger partial charge on any atom is -0.394 e. The molecular formula is C11H20O2. The van der Waals surface area contributed by atoms with Gasteiger partial charge in [-0.25, -0.2) is 0 Å². The van der Waals surface area contributed by atoms with Crippen LogP contribution in [0.4, 0.5) is 0 Å². The molecule has 0 aliphatic carbocycles. The maximum Gasteiger partial charge on any atom is 0.107 e. The Morgan fingerprint density at radius 2 is 2.08 bits per heavy atom. The van der Waals surface area contributed by atoms with Crippen LogP contribution in [-0.4, -0.2) is 23.9 Å². The summed E-state index contributed by atoms with van der Waals surface area (Å²) >= 11 is 0. The molecule has 0 aromatic rings. The van der Waals surface area contributed by atoms with Gasteiger partial charge in [0.05, 0.1) is 12.7 Å². The van der Waals surface area contributed by atoms with Crippen LogP contribution in [0.5, 0.6) is 0 Å². The first-order valence-electron chi connectivity index (χ1n) is 5.29. The number of allylic oxidation sites excluding steroid dienone is 1. The van der Waals surface area contributed by atoms with E-state index in [0.717, 1.165) is 6.42 Å². The molecule has 0 aromatic carbocycles. The van der Waals surface area contributed by atoms with E-state index in [9.17, 15) is 0 Å². The summed E-state index contributed by atoms with van der Waals surface area (Å²) in [5.74, 6) is 0. The number of unbranched alkanes of at least 4 members (excludes halogenated alkanes) is 3. The summed E-state index contributed by atoms with van der Waals surface area (Å²) in [7, 11) is 0. The number of ether oxygens (including phenoxy) is 1. The summed E-state index contributed by atoms with van der Waals surface area (Å²) in [6.07, 6.45) is 10.9. The molecule has 1 heterocycles. The predicted octanol–water partition coefficient (Wildman–Crippen LogP) is 2.27. The average molecular weight is 184 g/mol. The zero-order valence-corrected chi connectivity index (χ0v) is 8.41. The first kappa shape index (κ1) is 10.7. The molecule has 0 amide bonds. The minimum atomic E-state index is 0.125. The molecule has 1 aliphatic rings. The maximum atomic E-state index is 8.70. The summed E-state index contributed by atoms with van der Waals surface area (Å²) in [6, 6.07) is 0. The highest BCUT2D eigenvalue weighted by Gasteiger charge is 2.36. The maximum absolute atomic E-state index is 8.70. The number of hydrogen-bond acceptors (Lipinski definition) is 2. The van der Waals surface area contributed by atoms with Crippen LogP contribution < -0.4 is 0 Å². The Labute approximate surface area is 80.6 Å². The van der Waals surface area contributed by atoms with Crippen LogP contribution in [-0.2, 0) is 4.74 Å². The van der Waals surface area contributed by atoms with Gasteiger partial charge in [0, 0.05) is 0 Å². The molecule has 1 saturated heterocycles. The van der Waals surface area contributed by atoms with E-state index >= 15 is 0 Å². The second-order valence-corrected chi connectivity index (χ2v) is 3.60. The number of hydrogen-bond donors (Lipinski definition) is 1. The monoisotopic (exact) mass is 184 g/mol. The molecule has 2 heteroatoms. The largest absolute Gasteiger partial charge is 0.394 e. The second kappa shape index (κ2) is 6.17. The van der Waals surface area contributed by atoms with Gasteiger partial charge in [-0.15, -0.1) is 0 Å². The van der Waals surface area contributed by atoms with Gasteiger partial charge >= 0.3 is 0 Å². The van der Waals surface area contributed by atoms with Crippen LogP contribution in [0, 0.1) is 0 Å². The Morgan fingerprint density at radius 3 is 2.69 bits per heavy atom. The van der Waals surface area contributed by atoms with Crippen molar-refractivity contribution in [2.24, 2.45) is 0 Å². The van der Waals surface area contributed by atoms with E-state index in [0.29, 0.717) is 6.10 Å². The lowest BCUT2D eigenvalue weighted by Crippen LogP contribution is -1.97. The summed E-state index contributed by atoms with van der Waals surface area (Å²) in [6.45, 7) is 2.39. The molecule has 2 nitrogen and oxygen atoms in total. The van der Waals surface area contributed by atoms with E-state index in [-0.39, 0.29) is 12.7 Å². The second-order valence-electron chi connectivity index (χ2n) is 3.60. The van der Waals surface area contributed by atoms with Crippen molar-refractivity contribution in [2.45, 2.75) is 51.2 Å². The quantitative estimate of drug-likeness (QED) is 0.374. The average Bonchev–Trinajstić information content (AvgIpc) is 2.90. The summed E-state index contributed by atoms with van der Waals surface area (Å²) in [4.78, 5) is 0. The Bertz CT molecular complexity index is 154. The van der Waals surface area contributed by atoms with Gasteiger partial charge in [0.2, 0.25) is 0 Å². The van der Waals surface area contributed by atoms with E-state index in [1.807, 2.05) is 0 Å². The lowest BCUT2D eigenvalue weighted by molar-refractivity contribution is 0.242. The van der Waals surface area contributed by atoms with E-state index in [2.05, 4.69) is 19.1 Å². The van der Waals surface area contributed by atoms with Gasteiger partial charge in [-0.1, -0.05) is 31.9 Å². The van der Waals surface area contributed by atoms with Crippen LogP contribution >= 0.6 is 0 Å². The van der Waals surface area contributed by atoms with Crippen molar-refractivity contribution in [1.82, 2.24) is 0 Å². The minimum absolute atomic E-state index is 0.125. The fourth-order valence-electron chi connectivity index (χ4n) is 1.41. The SMILES string of the molecule is CCCCC/C=C\C[C@@H]1O[C@H]1CO. The standard InChI is InChI=1S/C11H20O2/c1-2-3-4-5-6-7-8-10-11(9-12)13-10/h6-7,10-12H,2-5,8-9H2,1H3/b7-6-/t10-,11-/m0/s1. The third-order valence-corrected chi connectivity index (χ3v) is 2.38. The van der Waals surface area contributed by atoms with E-state index in [4.69, 9.17) is 9.84 Å². The zero-order chi connectivity index (χ0) is 9.52. The molecule has 0 aromatic heterocycles. The van der Waals surface area contributed by atoms with Crippen molar-refractivity contribution >= 4 is 0 Å². The molecule has 76 valence electrons. The molecule has 1 fully saturated rings. The summed E-state index contributed by atoms with van der Waals surface area (Å²) < 4.78 is 5.19. The molecule has 1 rings (SSSR count). The molecule has 0 saturated carbocycles. The Balaban J connectivity index is 1.88. The number of epoxide rings is 1. The number of aliphatic hydroxyl groups excluding tert-OH is 1. The fourth-order valence-corrected chi connectivity index (χ4v) is 1.41. The highest BCUT2D eigenvalue weighted by Crippen LogP contribution is 2.24. The Hall–Kier alpha value is -0.340. The smallest absolute Gasteiger partial charge is 0.107 e. The van der Waals surface area contributed by atoms with E-state index in [1.165, 1.54) is 25.7 Å². The predicted molar refractivity (Wildman–Crippen MR) is 53.6 cm³/mol. The molecule has 2 atom stereocenters. The number of rotatable bonds is 7.